The number of nitrogens with one attached hydrogen (secondary N) is 1. The molecule has 0 saturated carbocycles. The Morgan fingerprint density at radius 2 is 2.16 bits per heavy atom. The van der Waals surface area contributed by atoms with Crippen molar-refractivity contribution in [3.63, 3.8) is 0 Å². The molecule has 0 fully saturated rings. The van der Waals surface area contributed by atoms with E-state index >= 15 is 0 Å². The molecule has 1 aromatic heterocycles. The van der Waals surface area contributed by atoms with Gasteiger partial charge in [0, 0.05) is 6.04 Å². The Bertz CT molecular complexity index is 518. The summed E-state index contributed by atoms with van der Waals surface area (Å²) in [5.74, 6) is 0.747. The van der Waals surface area contributed by atoms with Crippen LogP contribution in [0.2, 0.25) is 0 Å². The highest BCUT2D eigenvalue weighted by molar-refractivity contribution is 7.07. The van der Waals surface area contributed by atoms with E-state index in [-0.39, 0.29) is 0 Å². The molecule has 0 bridgehead atoms. The van der Waals surface area contributed by atoms with Crippen molar-refractivity contribution in [1.29, 1.82) is 0 Å². The SMILES string of the molecule is CCNC1c2ccccc2CC1CCc1ccsc1. The summed E-state index contributed by atoms with van der Waals surface area (Å²) in [6.07, 6.45) is 3.73. The minimum atomic E-state index is 0.555. The first kappa shape index (κ1) is 12.9. The van der Waals surface area contributed by atoms with Crippen molar-refractivity contribution in [2.24, 2.45) is 5.92 Å². The molecule has 2 atom stereocenters. The molecule has 1 aromatic carbocycles. The van der Waals surface area contributed by atoms with Crippen LogP contribution >= 0.6 is 11.3 Å². The summed E-state index contributed by atoms with van der Waals surface area (Å²) in [7, 11) is 0. The van der Waals surface area contributed by atoms with E-state index in [2.05, 4.69) is 53.3 Å². The summed E-state index contributed by atoms with van der Waals surface area (Å²) in [5, 5.41) is 8.15. The van der Waals surface area contributed by atoms with Crippen LogP contribution in [-0.2, 0) is 12.8 Å². The Morgan fingerprint density at radius 1 is 1.26 bits per heavy atom. The number of fused-ring (bicyclic) bond motifs is 1. The Balaban J connectivity index is 1.71. The molecule has 1 nitrogen and oxygen atoms in total. The van der Waals surface area contributed by atoms with Gasteiger partial charge in [0.1, 0.15) is 0 Å². The topological polar surface area (TPSA) is 12.0 Å². The molecule has 0 saturated heterocycles. The molecule has 1 heterocycles. The summed E-state index contributed by atoms with van der Waals surface area (Å²) in [6, 6.07) is 11.7. The van der Waals surface area contributed by atoms with Crippen LogP contribution in [0, 0.1) is 5.92 Å². The fraction of sp³-hybridized carbons (Fsp3) is 0.412. The van der Waals surface area contributed by atoms with Gasteiger partial charge in [-0.05, 0) is 65.2 Å². The molecule has 0 aliphatic heterocycles. The smallest absolute Gasteiger partial charge is 0.0354 e. The molecule has 2 aromatic rings. The van der Waals surface area contributed by atoms with Crippen molar-refractivity contribution >= 4 is 11.3 Å². The van der Waals surface area contributed by atoms with Gasteiger partial charge in [0.15, 0.2) is 0 Å². The zero-order chi connectivity index (χ0) is 13.1. The second kappa shape index (κ2) is 5.89. The molecule has 0 amide bonds. The molecule has 0 radical (unpaired) electrons. The number of benzene rings is 1. The van der Waals surface area contributed by atoms with Gasteiger partial charge in [-0.25, -0.2) is 0 Å². The van der Waals surface area contributed by atoms with Crippen molar-refractivity contribution in [3.05, 3.63) is 57.8 Å². The lowest BCUT2D eigenvalue weighted by Gasteiger charge is -2.21. The van der Waals surface area contributed by atoms with Gasteiger partial charge in [0.05, 0.1) is 0 Å². The standard InChI is InChI=1S/C17H21NS/c1-2-18-17-15(8-7-13-9-10-19-12-13)11-14-5-3-4-6-16(14)17/h3-6,9-10,12,15,17-18H,2,7-8,11H2,1H3. The van der Waals surface area contributed by atoms with Crippen LogP contribution in [-0.4, -0.2) is 6.54 Å². The van der Waals surface area contributed by atoms with E-state index in [4.69, 9.17) is 0 Å². The van der Waals surface area contributed by atoms with Crippen LogP contribution in [0.25, 0.3) is 0 Å². The first-order chi connectivity index (χ1) is 9.38. The lowest BCUT2D eigenvalue weighted by atomic mass is 9.94. The number of aryl methyl sites for hydroxylation is 1. The third kappa shape index (κ3) is 2.75. The second-order valence-electron chi connectivity index (χ2n) is 5.37. The summed E-state index contributed by atoms with van der Waals surface area (Å²) < 4.78 is 0. The van der Waals surface area contributed by atoms with Crippen molar-refractivity contribution in [3.8, 4) is 0 Å². The first-order valence-corrected chi connectivity index (χ1v) is 8.15. The van der Waals surface area contributed by atoms with Gasteiger partial charge in [-0.1, -0.05) is 31.2 Å². The monoisotopic (exact) mass is 271 g/mol. The summed E-state index contributed by atoms with van der Waals surface area (Å²) >= 11 is 1.80. The van der Waals surface area contributed by atoms with Crippen molar-refractivity contribution in [2.75, 3.05) is 6.54 Å². The van der Waals surface area contributed by atoms with Gasteiger partial charge < -0.3 is 5.32 Å². The Labute approximate surface area is 119 Å². The second-order valence-corrected chi connectivity index (χ2v) is 6.15. The normalized spacial score (nSPS) is 21.5. The maximum atomic E-state index is 3.68. The Hall–Kier alpha value is -1.12. The van der Waals surface area contributed by atoms with Crippen LogP contribution in [0.3, 0.4) is 0 Å². The molecule has 2 heteroatoms. The van der Waals surface area contributed by atoms with E-state index in [9.17, 15) is 0 Å². The van der Waals surface area contributed by atoms with E-state index in [0.29, 0.717) is 6.04 Å². The predicted molar refractivity (Wildman–Crippen MR) is 82.7 cm³/mol. The minimum absolute atomic E-state index is 0.555. The van der Waals surface area contributed by atoms with Crippen LogP contribution in [0.4, 0.5) is 0 Å². The van der Waals surface area contributed by atoms with Gasteiger partial charge in [-0.2, -0.15) is 11.3 Å². The van der Waals surface area contributed by atoms with Gasteiger partial charge in [-0.3, -0.25) is 0 Å². The molecule has 100 valence electrons. The quantitative estimate of drug-likeness (QED) is 0.859. The molecular formula is C17H21NS. The number of hydrogen-bond acceptors (Lipinski definition) is 2. The predicted octanol–water partition coefficient (Wildman–Crippen LogP) is 4.20. The van der Waals surface area contributed by atoms with Crippen molar-refractivity contribution in [1.82, 2.24) is 5.32 Å². The number of hydrogen-bond donors (Lipinski definition) is 1. The summed E-state index contributed by atoms with van der Waals surface area (Å²) in [6.45, 7) is 3.25. The first-order valence-electron chi connectivity index (χ1n) is 7.20. The van der Waals surface area contributed by atoms with Crippen LogP contribution < -0.4 is 5.32 Å². The highest BCUT2D eigenvalue weighted by Gasteiger charge is 2.30. The Morgan fingerprint density at radius 3 is 2.95 bits per heavy atom. The van der Waals surface area contributed by atoms with Crippen LogP contribution in [0.15, 0.2) is 41.1 Å². The number of rotatable bonds is 5. The molecule has 1 N–H and O–H groups in total. The maximum Gasteiger partial charge on any atom is 0.0354 e. The maximum absolute atomic E-state index is 3.68. The van der Waals surface area contributed by atoms with Crippen LogP contribution in [0.1, 0.15) is 36.1 Å². The molecule has 3 rings (SSSR count). The zero-order valence-corrected chi connectivity index (χ0v) is 12.2. The number of thiophene rings is 1. The average Bonchev–Trinajstić information content (AvgIpc) is 3.05. The molecular weight excluding hydrogens is 250 g/mol. The van der Waals surface area contributed by atoms with Gasteiger partial charge >= 0.3 is 0 Å². The van der Waals surface area contributed by atoms with E-state index in [1.54, 1.807) is 16.9 Å². The molecule has 19 heavy (non-hydrogen) atoms. The Kier molecular flexibility index (Phi) is 4.00. The third-order valence-corrected chi connectivity index (χ3v) is 4.88. The summed E-state index contributed by atoms with van der Waals surface area (Å²) in [4.78, 5) is 0. The van der Waals surface area contributed by atoms with E-state index in [1.165, 1.54) is 30.4 Å². The highest BCUT2D eigenvalue weighted by Crippen LogP contribution is 2.38. The molecule has 1 aliphatic carbocycles. The highest BCUT2D eigenvalue weighted by atomic mass is 32.1. The van der Waals surface area contributed by atoms with E-state index in [1.807, 2.05) is 0 Å². The average molecular weight is 271 g/mol. The molecule has 0 spiro atoms. The van der Waals surface area contributed by atoms with E-state index < -0.39 is 0 Å². The van der Waals surface area contributed by atoms with Gasteiger partial charge in [-0.15, -0.1) is 0 Å². The van der Waals surface area contributed by atoms with Crippen molar-refractivity contribution in [2.45, 2.75) is 32.2 Å². The molecule has 1 aliphatic rings. The van der Waals surface area contributed by atoms with Crippen molar-refractivity contribution < 1.29 is 0 Å². The van der Waals surface area contributed by atoms with Gasteiger partial charge in [0.2, 0.25) is 0 Å². The fourth-order valence-electron chi connectivity index (χ4n) is 3.23. The lowest BCUT2D eigenvalue weighted by molar-refractivity contribution is 0.373. The minimum Gasteiger partial charge on any atom is -0.310 e. The lowest BCUT2D eigenvalue weighted by Crippen LogP contribution is -2.25. The molecule has 2 unspecified atom stereocenters. The van der Waals surface area contributed by atoms with Gasteiger partial charge in [0.25, 0.3) is 0 Å². The summed E-state index contributed by atoms with van der Waals surface area (Å²) in [5.41, 5.74) is 4.57. The zero-order valence-electron chi connectivity index (χ0n) is 11.4. The largest absolute Gasteiger partial charge is 0.310 e. The van der Waals surface area contributed by atoms with E-state index in [0.717, 1.165) is 12.5 Å². The van der Waals surface area contributed by atoms with Crippen LogP contribution in [0.5, 0.6) is 0 Å². The fourth-order valence-corrected chi connectivity index (χ4v) is 3.93. The third-order valence-electron chi connectivity index (χ3n) is 4.15.